The lowest BCUT2D eigenvalue weighted by atomic mass is 9.86. The fourth-order valence-corrected chi connectivity index (χ4v) is 2.35. The molecule has 1 heterocycles. The zero-order valence-corrected chi connectivity index (χ0v) is 10.3. The molecule has 90 valence electrons. The van der Waals surface area contributed by atoms with Gasteiger partial charge in [0.25, 0.3) is 0 Å². The van der Waals surface area contributed by atoms with Crippen LogP contribution in [0.3, 0.4) is 0 Å². The fourth-order valence-electron chi connectivity index (χ4n) is 2.35. The summed E-state index contributed by atoms with van der Waals surface area (Å²) in [7, 11) is 0. The summed E-state index contributed by atoms with van der Waals surface area (Å²) in [5.74, 6) is 0.359. The summed E-state index contributed by atoms with van der Waals surface area (Å²) in [6, 6.07) is -0.296. The number of hydrogen-bond donors (Lipinski definition) is 2. The van der Waals surface area contributed by atoms with Gasteiger partial charge in [0.2, 0.25) is 0 Å². The third-order valence-corrected chi connectivity index (χ3v) is 3.41. The number of carboxylic acid groups (broad SMARTS) is 1. The second kappa shape index (κ2) is 7.07. The predicted octanol–water partition coefficient (Wildman–Crippen LogP) is 2.30. The van der Waals surface area contributed by atoms with Crippen LogP contribution in [0.4, 0.5) is 0 Å². The highest BCUT2D eigenvalue weighted by molar-refractivity contribution is 5.85. The third kappa shape index (κ3) is 3.99. The van der Waals surface area contributed by atoms with E-state index in [9.17, 15) is 4.79 Å². The minimum atomic E-state index is -0.682. The molecular weight excluding hydrogens is 214 g/mol. The lowest BCUT2D eigenvalue weighted by Gasteiger charge is -2.20. The molecule has 0 aromatic heterocycles. The van der Waals surface area contributed by atoms with Gasteiger partial charge in [-0.05, 0) is 31.2 Å². The Hall–Kier alpha value is -0.280. The minimum absolute atomic E-state index is 0. The van der Waals surface area contributed by atoms with Gasteiger partial charge in [-0.25, -0.2) is 0 Å². The maximum atomic E-state index is 10.9. The average molecular weight is 236 g/mol. The molecule has 0 amide bonds. The van der Waals surface area contributed by atoms with Crippen LogP contribution in [0.15, 0.2) is 0 Å². The van der Waals surface area contributed by atoms with E-state index < -0.39 is 5.97 Å². The van der Waals surface area contributed by atoms with Crippen molar-refractivity contribution < 1.29 is 9.90 Å². The third-order valence-electron chi connectivity index (χ3n) is 3.41. The van der Waals surface area contributed by atoms with E-state index in [0.717, 1.165) is 19.4 Å². The van der Waals surface area contributed by atoms with Gasteiger partial charge in [0.1, 0.15) is 6.04 Å². The Morgan fingerprint density at radius 2 is 2.07 bits per heavy atom. The van der Waals surface area contributed by atoms with Crippen molar-refractivity contribution in [3.05, 3.63) is 0 Å². The van der Waals surface area contributed by atoms with Crippen molar-refractivity contribution in [3.8, 4) is 0 Å². The van der Waals surface area contributed by atoms with Gasteiger partial charge < -0.3 is 10.4 Å². The van der Waals surface area contributed by atoms with E-state index in [1.54, 1.807) is 0 Å². The van der Waals surface area contributed by atoms with E-state index in [-0.39, 0.29) is 18.4 Å². The van der Waals surface area contributed by atoms with Crippen LogP contribution < -0.4 is 5.32 Å². The van der Waals surface area contributed by atoms with Crippen LogP contribution in [0.5, 0.6) is 0 Å². The number of carboxylic acids is 1. The Balaban J connectivity index is 0.00000196. The van der Waals surface area contributed by atoms with Gasteiger partial charge in [-0.3, -0.25) is 4.79 Å². The van der Waals surface area contributed by atoms with Crippen LogP contribution in [0.2, 0.25) is 0 Å². The molecule has 0 saturated carbocycles. The zero-order chi connectivity index (χ0) is 10.6. The van der Waals surface area contributed by atoms with Gasteiger partial charge in [0.15, 0.2) is 0 Å². The molecule has 3 nitrogen and oxygen atoms in total. The number of hydrogen-bond acceptors (Lipinski definition) is 2. The number of aliphatic carboxylic acids is 1. The monoisotopic (exact) mass is 235 g/mol. The van der Waals surface area contributed by atoms with Crippen molar-refractivity contribution in [2.75, 3.05) is 6.54 Å². The molecule has 15 heavy (non-hydrogen) atoms. The van der Waals surface area contributed by atoms with E-state index in [2.05, 4.69) is 19.2 Å². The molecule has 4 heteroatoms. The Labute approximate surface area is 98.0 Å². The molecule has 0 bridgehead atoms. The molecule has 0 aromatic rings. The van der Waals surface area contributed by atoms with E-state index >= 15 is 0 Å². The molecule has 0 aromatic carbocycles. The largest absolute Gasteiger partial charge is 0.480 e. The standard InChI is InChI=1S/C11H21NO2.ClH/c1-3-8(4-2)7-9-5-6-12-10(9)11(13)14;/h8-10,12H,3-7H2,1-2H3,(H,13,14);1H. The first-order valence-electron chi connectivity index (χ1n) is 5.65. The maximum Gasteiger partial charge on any atom is 0.320 e. The van der Waals surface area contributed by atoms with Gasteiger partial charge in [0.05, 0.1) is 0 Å². The number of carbonyl (C=O) groups is 1. The van der Waals surface area contributed by atoms with Crippen molar-refractivity contribution in [1.29, 1.82) is 0 Å². The number of rotatable bonds is 5. The van der Waals surface area contributed by atoms with Crippen molar-refractivity contribution in [2.24, 2.45) is 11.8 Å². The number of halogens is 1. The van der Waals surface area contributed by atoms with Crippen LogP contribution in [-0.4, -0.2) is 23.7 Å². The summed E-state index contributed by atoms with van der Waals surface area (Å²) >= 11 is 0. The van der Waals surface area contributed by atoms with Gasteiger partial charge in [-0.15, -0.1) is 12.4 Å². The normalized spacial score (nSPS) is 25.3. The molecular formula is C11H22ClNO2. The molecule has 1 rings (SSSR count). The summed E-state index contributed by atoms with van der Waals surface area (Å²) in [4.78, 5) is 10.9. The Morgan fingerprint density at radius 3 is 2.53 bits per heavy atom. The molecule has 0 spiro atoms. The SMILES string of the molecule is CCC(CC)CC1CCNC1C(=O)O.Cl. The summed E-state index contributed by atoms with van der Waals surface area (Å²) in [5, 5.41) is 12.0. The second-order valence-electron chi connectivity index (χ2n) is 4.24. The first-order valence-corrected chi connectivity index (χ1v) is 5.65. The highest BCUT2D eigenvalue weighted by atomic mass is 35.5. The minimum Gasteiger partial charge on any atom is -0.480 e. The molecule has 2 unspecified atom stereocenters. The van der Waals surface area contributed by atoms with Crippen LogP contribution in [-0.2, 0) is 4.79 Å². The first kappa shape index (κ1) is 14.7. The van der Waals surface area contributed by atoms with Crippen molar-refractivity contribution in [3.63, 3.8) is 0 Å². The lowest BCUT2D eigenvalue weighted by molar-refractivity contribution is -0.140. The van der Waals surface area contributed by atoms with Gasteiger partial charge in [-0.1, -0.05) is 26.7 Å². The van der Waals surface area contributed by atoms with Gasteiger partial charge in [0, 0.05) is 0 Å². The van der Waals surface area contributed by atoms with Crippen molar-refractivity contribution in [2.45, 2.75) is 45.6 Å². The van der Waals surface area contributed by atoms with Gasteiger partial charge >= 0.3 is 5.97 Å². The van der Waals surface area contributed by atoms with Crippen molar-refractivity contribution >= 4 is 18.4 Å². The topological polar surface area (TPSA) is 49.3 Å². The van der Waals surface area contributed by atoms with Crippen LogP contribution in [0.1, 0.15) is 39.5 Å². The quantitative estimate of drug-likeness (QED) is 0.769. The molecule has 2 atom stereocenters. The zero-order valence-electron chi connectivity index (χ0n) is 9.53. The number of nitrogens with one attached hydrogen (secondary N) is 1. The summed E-state index contributed by atoms with van der Waals surface area (Å²) < 4.78 is 0. The average Bonchev–Trinajstić information content (AvgIpc) is 2.62. The molecule has 1 fully saturated rings. The first-order chi connectivity index (χ1) is 6.69. The molecule has 1 aliphatic heterocycles. The molecule has 0 radical (unpaired) electrons. The predicted molar refractivity (Wildman–Crippen MR) is 63.5 cm³/mol. The Bertz CT molecular complexity index is 195. The smallest absolute Gasteiger partial charge is 0.320 e. The molecule has 0 aliphatic carbocycles. The summed E-state index contributed by atoms with van der Waals surface area (Å²) in [5.41, 5.74) is 0. The van der Waals surface area contributed by atoms with Crippen LogP contribution in [0, 0.1) is 11.8 Å². The Kier molecular flexibility index (Phi) is 6.94. The highest BCUT2D eigenvalue weighted by Gasteiger charge is 2.33. The van der Waals surface area contributed by atoms with Gasteiger partial charge in [-0.2, -0.15) is 0 Å². The van der Waals surface area contributed by atoms with E-state index in [1.807, 2.05) is 0 Å². The highest BCUT2D eigenvalue weighted by Crippen LogP contribution is 2.27. The van der Waals surface area contributed by atoms with E-state index in [4.69, 9.17) is 5.11 Å². The van der Waals surface area contributed by atoms with E-state index in [0.29, 0.717) is 11.8 Å². The van der Waals surface area contributed by atoms with Crippen LogP contribution >= 0.6 is 12.4 Å². The summed E-state index contributed by atoms with van der Waals surface area (Å²) in [6.45, 7) is 5.24. The lowest BCUT2D eigenvalue weighted by Crippen LogP contribution is -2.36. The Morgan fingerprint density at radius 1 is 1.47 bits per heavy atom. The molecule has 1 saturated heterocycles. The molecule has 1 aliphatic rings. The molecule has 2 N–H and O–H groups in total. The van der Waals surface area contributed by atoms with Crippen LogP contribution in [0.25, 0.3) is 0 Å². The van der Waals surface area contributed by atoms with E-state index in [1.165, 1.54) is 12.8 Å². The fraction of sp³-hybridized carbons (Fsp3) is 0.909. The maximum absolute atomic E-state index is 10.9. The van der Waals surface area contributed by atoms with Crippen molar-refractivity contribution in [1.82, 2.24) is 5.32 Å². The second-order valence-corrected chi connectivity index (χ2v) is 4.24. The summed E-state index contributed by atoms with van der Waals surface area (Å²) in [6.07, 6.45) is 4.42.